The highest BCUT2D eigenvalue weighted by molar-refractivity contribution is 7.18. The highest BCUT2D eigenvalue weighted by atomic mass is 35.5. The molecule has 0 aliphatic carbocycles. The Morgan fingerprint density at radius 1 is 1.24 bits per heavy atom. The summed E-state index contributed by atoms with van der Waals surface area (Å²) in [6.07, 6.45) is 0.992. The molecule has 2 aromatic rings. The van der Waals surface area contributed by atoms with E-state index < -0.39 is 11.0 Å². The minimum atomic E-state index is -0.511. The first kappa shape index (κ1) is 21.1. The number of amides is 2. The number of non-ortho nitro benzene ring substituents is 1. The molecule has 1 saturated heterocycles. The van der Waals surface area contributed by atoms with E-state index in [9.17, 15) is 19.7 Å². The number of likely N-dealkylation sites (tertiary alicyclic amines) is 1. The van der Waals surface area contributed by atoms with Crippen LogP contribution in [0.2, 0.25) is 4.34 Å². The summed E-state index contributed by atoms with van der Waals surface area (Å²) in [7, 11) is 0. The summed E-state index contributed by atoms with van der Waals surface area (Å²) in [6, 6.07) is 8.75. The van der Waals surface area contributed by atoms with Crippen LogP contribution in [0.25, 0.3) is 0 Å². The van der Waals surface area contributed by atoms with Crippen LogP contribution in [0.15, 0.2) is 36.4 Å². The summed E-state index contributed by atoms with van der Waals surface area (Å²) in [5.74, 6) is 0.366. The van der Waals surface area contributed by atoms with E-state index in [1.54, 1.807) is 17.0 Å². The zero-order valence-corrected chi connectivity index (χ0v) is 17.2. The standard InChI is InChI=1S/C19H20ClN3O5S/c1-12(21-18(24)16-6-7-17(20)29-16)13-8-10-22(11-9-13)19(25)28-15-4-2-14(3-5-15)23(26)27/h2-7,12-13H,8-11H2,1H3,(H,21,24)/t12-/m1/s1. The van der Waals surface area contributed by atoms with Gasteiger partial charge < -0.3 is 15.0 Å². The van der Waals surface area contributed by atoms with Gasteiger partial charge in [0.15, 0.2) is 0 Å². The lowest BCUT2D eigenvalue weighted by Gasteiger charge is -2.34. The zero-order chi connectivity index (χ0) is 21.0. The maximum absolute atomic E-state index is 12.3. The predicted molar refractivity (Wildman–Crippen MR) is 110 cm³/mol. The Hall–Kier alpha value is -2.65. The fraction of sp³-hybridized carbons (Fsp3) is 0.368. The third-order valence-electron chi connectivity index (χ3n) is 4.91. The van der Waals surface area contributed by atoms with Gasteiger partial charge in [0.05, 0.1) is 14.1 Å². The Balaban J connectivity index is 1.47. The van der Waals surface area contributed by atoms with Crippen molar-refractivity contribution in [2.24, 2.45) is 5.92 Å². The average Bonchev–Trinajstić information content (AvgIpc) is 3.15. The molecule has 154 valence electrons. The first-order chi connectivity index (χ1) is 13.8. The topological polar surface area (TPSA) is 102 Å². The lowest BCUT2D eigenvalue weighted by atomic mass is 9.90. The van der Waals surface area contributed by atoms with E-state index in [0.717, 1.165) is 12.8 Å². The van der Waals surface area contributed by atoms with E-state index in [1.165, 1.54) is 35.6 Å². The largest absolute Gasteiger partial charge is 0.415 e. The Bertz CT molecular complexity index is 894. The zero-order valence-electron chi connectivity index (χ0n) is 15.7. The first-order valence-corrected chi connectivity index (χ1v) is 10.3. The molecule has 2 amide bonds. The molecule has 10 heteroatoms. The van der Waals surface area contributed by atoms with Crippen LogP contribution in [0.5, 0.6) is 5.75 Å². The monoisotopic (exact) mass is 437 g/mol. The molecule has 0 unspecified atom stereocenters. The SMILES string of the molecule is C[C@@H](NC(=O)c1ccc(Cl)s1)C1CCN(C(=O)Oc2ccc([N+](=O)[O-])cc2)CC1. The molecule has 0 radical (unpaired) electrons. The number of nitro groups is 1. The number of carbonyl (C=O) groups is 2. The minimum Gasteiger partial charge on any atom is -0.410 e. The molecular weight excluding hydrogens is 418 g/mol. The Kier molecular flexibility index (Phi) is 6.71. The predicted octanol–water partition coefficient (Wildman–Crippen LogP) is 4.34. The number of halogens is 1. The fourth-order valence-corrected chi connectivity index (χ4v) is 4.16. The Morgan fingerprint density at radius 3 is 2.45 bits per heavy atom. The molecule has 29 heavy (non-hydrogen) atoms. The first-order valence-electron chi connectivity index (χ1n) is 9.11. The van der Waals surface area contributed by atoms with Crippen molar-refractivity contribution in [1.82, 2.24) is 10.2 Å². The lowest BCUT2D eigenvalue weighted by Crippen LogP contribution is -2.46. The van der Waals surface area contributed by atoms with Crippen molar-refractivity contribution in [3.63, 3.8) is 0 Å². The molecular formula is C19H20ClN3O5S. The number of nitro benzene ring substituents is 1. The van der Waals surface area contributed by atoms with Gasteiger partial charge in [-0.25, -0.2) is 4.79 Å². The van der Waals surface area contributed by atoms with Gasteiger partial charge in [-0.2, -0.15) is 0 Å². The van der Waals surface area contributed by atoms with Crippen molar-refractivity contribution < 1.29 is 19.2 Å². The second kappa shape index (κ2) is 9.23. The van der Waals surface area contributed by atoms with Crippen LogP contribution in [-0.2, 0) is 0 Å². The summed E-state index contributed by atoms with van der Waals surface area (Å²) in [5.41, 5.74) is -0.0635. The van der Waals surface area contributed by atoms with Gasteiger partial charge >= 0.3 is 6.09 Å². The molecule has 3 rings (SSSR count). The third-order valence-corrected chi connectivity index (χ3v) is 6.14. The van der Waals surface area contributed by atoms with E-state index in [4.69, 9.17) is 16.3 Å². The molecule has 1 aliphatic rings. The number of thiophene rings is 1. The molecule has 1 N–H and O–H groups in total. The van der Waals surface area contributed by atoms with Crippen LogP contribution in [0.1, 0.15) is 29.4 Å². The van der Waals surface area contributed by atoms with Crippen molar-refractivity contribution in [3.8, 4) is 5.75 Å². The normalized spacial score (nSPS) is 15.6. The molecule has 1 aromatic carbocycles. The molecule has 0 saturated carbocycles. The van der Waals surface area contributed by atoms with Crippen molar-refractivity contribution >= 4 is 40.6 Å². The molecule has 2 heterocycles. The van der Waals surface area contributed by atoms with E-state index in [1.807, 2.05) is 6.92 Å². The molecule has 1 fully saturated rings. The Labute approximate surface area is 176 Å². The number of nitrogens with one attached hydrogen (secondary N) is 1. The number of ether oxygens (including phenoxy) is 1. The van der Waals surface area contributed by atoms with E-state index in [-0.39, 0.29) is 29.3 Å². The number of carbonyl (C=O) groups excluding carboxylic acids is 2. The maximum atomic E-state index is 12.3. The van der Waals surface area contributed by atoms with Crippen LogP contribution in [0.4, 0.5) is 10.5 Å². The van der Waals surface area contributed by atoms with Crippen molar-refractivity contribution in [2.45, 2.75) is 25.8 Å². The second-order valence-electron chi connectivity index (χ2n) is 6.81. The molecule has 1 aromatic heterocycles. The van der Waals surface area contributed by atoms with Crippen LogP contribution in [0.3, 0.4) is 0 Å². The summed E-state index contributed by atoms with van der Waals surface area (Å²) in [4.78, 5) is 36.9. The molecule has 1 atom stereocenters. The number of benzene rings is 1. The number of hydrogen-bond acceptors (Lipinski definition) is 6. The lowest BCUT2D eigenvalue weighted by molar-refractivity contribution is -0.384. The summed E-state index contributed by atoms with van der Waals surface area (Å²) >= 11 is 7.11. The van der Waals surface area contributed by atoms with Gasteiger partial charge in [-0.15, -0.1) is 11.3 Å². The quantitative estimate of drug-likeness (QED) is 0.553. The van der Waals surface area contributed by atoms with E-state index in [2.05, 4.69) is 5.32 Å². The minimum absolute atomic E-state index is 0.0313. The van der Waals surface area contributed by atoms with Gasteiger partial charge in [-0.05, 0) is 49.9 Å². The molecule has 1 aliphatic heterocycles. The highest BCUT2D eigenvalue weighted by Gasteiger charge is 2.28. The third kappa shape index (κ3) is 5.45. The summed E-state index contributed by atoms with van der Waals surface area (Å²) < 4.78 is 5.86. The maximum Gasteiger partial charge on any atom is 0.415 e. The van der Waals surface area contributed by atoms with E-state index >= 15 is 0 Å². The van der Waals surface area contributed by atoms with Gasteiger partial charge in [0.25, 0.3) is 11.6 Å². The van der Waals surface area contributed by atoms with Gasteiger partial charge in [-0.3, -0.25) is 14.9 Å². The molecule has 8 nitrogen and oxygen atoms in total. The molecule has 0 bridgehead atoms. The van der Waals surface area contributed by atoms with Crippen molar-refractivity contribution in [2.75, 3.05) is 13.1 Å². The van der Waals surface area contributed by atoms with Crippen molar-refractivity contribution in [3.05, 3.63) is 55.7 Å². The van der Waals surface area contributed by atoms with Gasteiger partial charge in [0.2, 0.25) is 0 Å². The number of piperidine rings is 1. The van der Waals surface area contributed by atoms with Crippen molar-refractivity contribution in [1.29, 1.82) is 0 Å². The van der Waals surface area contributed by atoms with Crippen LogP contribution in [0, 0.1) is 16.0 Å². The van der Waals surface area contributed by atoms with Gasteiger partial charge in [-0.1, -0.05) is 11.6 Å². The smallest absolute Gasteiger partial charge is 0.410 e. The number of rotatable bonds is 5. The van der Waals surface area contributed by atoms with Crippen LogP contribution < -0.4 is 10.1 Å². The summed E-state index contributed by atoms with van der Waals surface area (Å²) in [5, 5.41) is 13.7. The molecule has 0 spiro atoms. The van der Waals surface area contributed by atoms with Crippen LogP contribution >= 0.6 is 22.9 Å². The summed E-state index contributed by atoms with van der Waals surface area (Å²) in [6.45, 7) is 2.99. The average molecular weight is 438 g/mol. The van der Waals surface area contributed by atoms with Crippen LogP contribution in [-0.4, -0.2) is 41.0 Å². The highest BCUT2D eigenvalue weighted by Crippen LogP contribution is 2.25. The van der Waals surface area contributed by atoms with E-state index in [0.29, 0.717) is 22.3 Å². The van der Waals surface area contributed by atoms with Gasteiger partial charge in [0.1, 0.15) is 5.75 Å². The fourth-order valence-electron chi connectivity index (χ4n) is 3.22. The number of hydrogen-bond donors (Lipinski definition) is 1. The second-order valence-corrected chi connectivity index (χ2v) is 8.52. The Morgan fingerprint density at radius 2 is 1.90 bits per heavy atom. The van der Waals surface area contributed by atoms with Gasteiger partial charge in [0, 0.05) is 31.3 Å². The number of nitrogens with zero attached hydrogens (tertiary/aromatic N) is 2.